The van der Waals surface area contributed by atoms with Crippen LogP contribution in [0.5, 0.6) is 0 Å². The molecule has 0 saturated heterocycles. The third-order valence-corrected chi connectivity index (χ3v) is 10.0. The number of halogens is 1. The monoisotopic (exact) mass is 659 g/mol. The summed E-state index contributed by atoms with van der Waals surface area (Å²) in [7, 11) is -4.22. The van der Waals surface area contributed by atoms with Gasteiger partial charge in [-0.25, -0.2) is 8.42 Å². The van der Waals surface area contributed by atoms with Gasteiger partial charge in [0.2, 0.25) is 11.8 Å². The van der Waals surface area contributed by atoms with E-state index in [9.17, 15) is 18.0 Å². The maximum atomic E-state index is 14.6. The molecule has 0 aliphatic heterocycles. The maximum absolute atomic E-state index is 14.6. The summed E-state index contributed by atoms with van der Waals surface area (Å²) in [5.41, 5.74) is 4.47. The molecule has 0 heterocycles. The van der Waals surface area contributed by atoms with Crippen LogP contribution in [0.25, 0.3) is 0 Å². The van der Waals surface area contributed by atoms with E-state index in [-0.39, 0.29) is 29.7 Å². The van der Waals surface area contributed by atoms with Crippen LogP contribution in [0, 0.1) is 26.7 Å². The fraction of sp³-hybridized carbons (Fsp3) is 0.297. The Balaban J connectivity index is 1.82. The van der Waals surface area contributed by atoms with Gasteiger partial charge in [-0.3, -0.25) is 13.9 Å². The highest BCUT2D eigenvalue weighted by atomic mass is 35.5. The molecule has 0 aromatic heterocycles. The minimum Gasteiger partial charge on any atom is -0.354 e. The second kappa shape index (κ2) is 15.4. The minimum atomic E-state index is -4.22. The molecular formula is C37H42ClN3O4S. The summed E-state index contributed by atoms with van der Waals surface area (Å²) in [5, 5.41) is 3.39. The largest absolute Gasteiger partial charge is 0.354 e. The first-order valence-corrected chi connectivity index (χ1v) is 17.2. The third-order valence-electron chi connectivity index (χ3n) is 7.82. The molecule has 1 unspecified atom stereocenters. The number of rotatable bonds is 13. The Morgan fingerprint density at radius 2 is 1.39 bits per heavy atom. The van der Waals surface area contributed by atoms with Gasteiger partial charge in [-0.15, -0.1) is 0 Å². The van der Waals surface area contributed by atoms with Crippen molar-refractivity contribution in [3.05, 3.63) is 130 Å². The highest BCUT2D eigenvalue weighted by molar-refractivity contribution is 7.92. The SMILES string of the molecule is Cc1ccc(CN(C(=O)CN(c2cccc(Cl)c2C)S(=O)(=O)c2ccc(C)cc2)C(Cc2ccccc2)C(=O)NCC(C)C)cc1. The average molecular weight is 660 g/mol. The molecule has 0 fully saturated rings. The van der Waals surface area contributed by atoms with E-state index in [0.29, 0.717) is 22.8 Å². The normalized spacial score (nSPS) is 12.1. The number of aryl methyl sites for hydroxylation is 2. The lowest BCUT2D eigenvalue weighted by Gasteiger charge is -2.34. The average Bonchev–Trinajstić information content (AvgIpc) is 3.03. The van der Waals surface area contributed by atoms with Gasteiger partial charge in [-0.1, -0.05) is 109 Å². The van der Waals surface area contributed by atoms with Gasteiger partial charge in [-0.2, -0.15) is 0 Å². The molecule has 0 radical (unpaired) electrons. The van der Waals surface area contributed by atoms with Crippen LogP contribution in [0.15, 0.2) is 102 Å². The van der Waals surface area contributed by atoms with Crippen molar-refractivity contribution >= 4 is 39.1 Å². The number of carbonyl (C=O) groups is 2. The predicted molar refractivity (Wildman–Crippen MR) is 185 cm³/mol. The minimum absolute atomic E-state index is 0.0471. The van der Waals surface area contributed by atoms with E-state index in [2.05, 4.69) is 5.32 Å². The van der Waals surface area contributed by atoms with Crippen LogP contribution in [0.4, 0.5) is 5.69 Å². The number of hydrogen-bond donors (Lipinski definition) is 1. The molecule has 9 heteroatoms. The van der Waals surface area contributed by atoms with Crippen LogP contribution in [-0.4, -0.2) is 44.3 Å². The molecule has 0 bridgehead atoms. The van der Waals surface area contributed by atoms with Crippen molar-refractivity contribution in [2.75, 3.05) is 17.4 Å². The molecule has 0 aliphatic carbocycles. The molecule has 1 atom stereocenters. The number of nitrogens with one attached hydrogen (secondary N) is 1. The molecule has 4 aromatic rings. The Hall–Kier alpha value is -4.14. The smallest absolute Gasteiger partial charge is 0.264 e. The van der Waals surface area contributed by atoms with E-state index in [1.165, 1.54) is 17.0 Å². The topological polar surface area (TPSA) is 86.8 Å². The van der Waals surface area contributed by atoms with Gasteiger partial charge in [0, 0.05) is 24.5 Å². The lowest BCUT2D eigenvalue weighted by Crippen LogP contribution is -2.53. The van der Waals surface area contributed by atoms with Crippen LogP contribution in [0.2, 0.25) is 5.02 Å². The Morgan fingerprint density at radius 1 is 0.783 bits per heavy atom. The molecule has 2 amide bonds. The summed E-state index contributed by atoms with van der Waals surface area (Å²) < 4.78 is 29.6. The lowest BCUT2D eigenvalue weighted by molar-refractivity contribution is -0.140. The van der Waals surface area contributed by atoms with Crippen molar-refractivity contribution in [1.82, 2.24) is 10.2 Å². The number of nitrogens with zero attached hydrogens (tertiary/aromatic N) is 2. The second-order valence-electron chi connectivity index (χ2n) is 12.1. The fourth-order valence-electron chi connectivity index (χ4n) is 5.08. The zero-order valence-corrected chi connectivity index (χ0v) is 28.6. The van der Waals surface area contributed by atoms with Crippen LogP contribution in [-0.2, 0) is 32.6 Å². The number of anilines is 1. The van der Waals surface area contributed by atoms with E-state index in [4.69, 9.17) is 11.6 Å². The van der Waals surface area contributed by atoms with Gasteiger partial charge in [0.25, 0.3) is 10.0 Å². The number of hydrogen-bond acceptors (Lipinski definition) is 4. The number of sulfonamides is 1. The van der Waals surface area contributed by atoms with Crippen molar-refractivity contribution in [2.24, 2.45) is 5.92 Å². The van der Waals surface area contributed by atoms with Crippen molar-refractivity contribution in [2.45, 2.75) is 58.5 Å². The van der Waals surface area contributed by atoms with Crippen molar-refractivity contribution in [3.8, 4) is 0 Å². The van der Waals surface area contributed by atoms with Gasteiger partial charge >= 0.3 is 0 Å². The maximum Gasteiger partial charge on any atom is 0.264 e. The van der Waals surface area contributed by atoms with E-state index in [0.717, 1.165) is 26.6 Å². The molecule has 46 heavy (non-hydrogen) atoms. The summed E-state index contributed by atoms with van der Waals surface area (Å²) >= 11 is 6.47. The zero-order valence-electron chi connectivity index (χ0n) is 27.0. The van der Waals surface area contributed by atoms with Gasteiger partial charge in [-0.05, 0) is 67.6 Å². The molecule has 0 saturated carbocycles. The van der Waals surface area contributed by atoms with E-state index in [1.807, 2.05) is 82.3 Å². The molecular weight excluding hydrogens is 618 g/mol. The Bertz CT molecular complexity index is 1740. The molecule has 4 rings (SSSR count). The van der Waals surface area contributed by atoms with Crippen LogP contribution in [0.3, 0.4) is 0 Å². The predicted octanol–water partition coefficient (Wildman–Crippen LogP) is 6.87. The van der Waals surface area contributed by atoms with Crippen molar-refractivity contribution in [3.63, 3.8) is 0 Å². The van der Waals surface area contributed by atoms with Gasteiger partial charge in [0.1, 0.15) is 12.6 Å². The van der Waals surface area contributed by atoms with Crippen LogP contribution >= 0.6 is 11.6 Å². The summed E-state index contributed by atoms with van der Waals surface area (Å²) in [5.74, 6) is -0.621. The van der Waals surface area contributed by atoms with E-state index < -0.39 is 28.5 Å². The summed E-state index contributed by atoms with van der Waals surface area (Å²) in [4.78, 5) is 30.1. The van der Waals surface area contributed by atoms with Gasteiger partial charge in [0.15, 0.2) is 0 Å². The Kier molecular flexibility index (Phi) is 11.7. The first kappa shape index (κ1) is 34.7. The number of amides is 2. The van der Waals surface area contributed by atoms with Crippen LogP contribution < -0.4 is 9.62 Å². The van der Waals surface area contributed by atoms with Crippen molar-refractivity contribution < 1.29 is 18.0 Å². The third kappa shape index (κ3) is 8.77. The summed E-state index contributed by atoms with van der Waals surface area (Å²) in [6.45, 7) is 9.59. The standard InChI is InChI=1S/C37H42ClN3O4S/c1-26(2)23-39-37(43)35(22-30-10-7-6-8-11-30)40(24-31-18-14-27(3)15-19-31)36(42)25-41(34-13-9-12-33(38)29(34)5)46(44,45)32-20-16-28(4)17-21-32/h6-21,26,35H,22-25H2,1-5H3,(H,39,43). The molecule has 1 N–H and O–H groups in total. The van der Waals surface area contributed by atoms with Crippen LogP contribution in [0.1, 0.15) is 41.7 Å². The Labute approximate surface area is 278 Å². The highest BCUT2D eigenvalue weighted by Crippen LogP contribution is 2.31. The van der Waals surface area contributed by atoms with Crippen molar-refractivity contribution in [1.29, 1.82) is 0 Å². The Morgan fingerprint density at radius 3 is 2.00 bits per heavy atom. The molecule has 4 aromatic carbocycles. The number of benzene rings is 4. The van der Waals surface area contributed by atoms with Gasteiger partial charge < -0.3 is 10.2 Å². The zero-order chi connectivity index (χ0) is 33.4. The first-order chi connectivity index (χ1) is 21.9. The molecule has 7 nitrogen and oxygen atoms in total. The lowest BCUT2D eigenvalue weighted by atomic mass is 10.0. The fourth-order valence-corrected chi connectivity index (χ4v) is 6.72. The summed E-state index contributed by atoms with van der Waals surface area (Å²) in [6.07, 6.45) is 0.253. The van der Waals surface area contributed by atoms with E-state index in [1.54, 1.807) is 37.3 Å². The molecule has 242 valence electrons. The van der Waals surface area contributed by atoms with Gasteiger partial charge in [0.05, 0.1) is 10.6 Å². The quantitative estimate of drug-likeness (QED) is 0.170. The highest BCUT2D eigenvalue weighted by Gasteiger charge is 2.35. The first-order valence-electron chi connectivity index (χ1n) is 15.4. The second-order valence-corrected chi connectivity index (χ2v) is 14.3. The van der Waals surface area contributed by atoms with E-state index >= 15 is 0 Å². The number of carbonyl (C=O) groups excluding carboxylic acids is 2. The summed E-state index contributed by atoms with van der Waals surface area (Å²) in [6, 6.07) is 27.8. The molecule has 0 aliphatic rings. The molecule has 0 spiro atoms.